The fraction of sp³-hybridized carbons (Fsp3) is 0.0952. The third-order valence-corrected chi connectivity index (χ3v) is 5.18. The Balaban J connectivity index is 2.07. The van der Waals surface area contributed by atoms with Gasteiger partial charge in [0.1, 0.15) is 0 Å². The van der Waals surface area contributed by atoms with Gasteiger partial charge in [-0.05, 0) is 0 Å². The first-order valence-electron chi connectivity index (χ1n) is 8.08. The molecule has 1 aromatic heterocycles. The number of carbonyl (C=O) groups is 1. The molecule has 5 heteroatoms. The normalized spacial score (nSPS) is 11.7. The van der Waals surface area contributed by atoms with Crippen molar-refractivity contribution >= 4 is 25.1 Å². The monoisotopic (exact) mass is 357 g/mol. The van der Waals surface area contributed by atoms with Gasteiger partial charge in [-0.15, -0.1) is 0 Å². The van der Waals surface area contributed by atoms with Crippen LogP contribution in [0, 0.1) is 12.7 Å². The summed E-state index contributed by atoms with van der Waals surface area (Å²) in [6.45, 7) is 1.92. The van der Waals surface area contributed by atoms with E-state index in [0.717, 1.165) is 16.8 Å². The summed E-state index contributed by atoms with van der Waals surface area (Å²) >= 11 is 1.17. The van der Waals surface area contributed by atoms with Gasteiger partial charge in [0.05, 0.1) is 0 Å². The fourth-order valence-corrected chi connectivity index (χ4v) is 3.77. The van der Waals surface area contributed by atoms with E-state index in [-0.39, 0.29) is 0 Å². The van der Waals surface area contributed by atoms with Gasteiger partial charge in [0.15, 0.2) is 0 Å². The van der Waals surface area contributed by atoms with E-state index in [9.17, 15) is 9.90 Å². The van der Waals surface area contributed by atoms with Crippen LogP contribution in [0.5, 0.6) is 0 Å². The topological polar surface area (TPSA) is 50.2 Å². The van der Waals surface area contributed by atoms with Crippen LogP contribution in [0.4, 0.5) is 0 Å². The first-order chi connectivity index (χ1) is 12.6. The van der Waals surface area contributed by atoms with Gasteiger partial charge >= 0.3 is 158 Å². The molecular weight excluding hydrogens is 341 g/mol. The third kappa shape index (κ3) is 3.91. The van der Waals surface area contributed by atoms with Crippen molar-refractivity contribution < 1.29 is 9.90 Å². The van der Waals surface area contributed by atoms with Crippen molar-refractivity contribution in [2.24, 2.45) is 0 Å². The molecule has 126 valence electrons. The van der Waals surface area contributed by atoms with Crippen molar-refractivity contribution in [2.75, 3.05) is 0 Å². The van der Waals surface area contributed by atoms with Gasteiger partial charge in [0.25, 0.3) is 0 Å². The SMILES string of the molecule is B#Cc1c(C)cc(-c2ccccc2)nc1SC(C(=O)O)c1ccccc1. The molecule has 0 aliphatic carbocycles. The molecule has 2 aromatic carbocycles. The summed E-state index contributed by atoms with van der Waals surface area (Å²) in [6.07, 6.45) is 0. The molecule has 0 radical (unpaired) electrons. The number of aryl methyl sites for hydroxylation is 1. The fourth-order valence-electron chi connectivity index (χ4n) is 2.66. The zero-order valence-electron chi connectivity index (χ0n) is 14.2. The van der Waals surface area contributed by atoms with E-state index < -0.39 is 11.2 Å². The molecule has 1 N–H and O–H groups in total. The van der Waals surface area contributed by atoms with Crippen molar-refractivity contribution in [3.05, 3.63) is 83.4 Å². The third-order valence-electron chi connectivity index (χ3n) is 3.95. The van der Waals surface area contributed by atoms with Crippen LogP contribution in [0.15, 0.2) is 71.8 Å². The summed E-state index contributed by atoms with van der Waals surface area (Å²) in [5.74, 6) is 1.74. The van der Waals surface area contributed by atoms with Gasteiger partial charge in [0.2, 0.25) is 0 Å². The predicted molar refractivity (Wildman–Crippen MR) is 106 cm³/mol. The van der Waals surface area contributed by atoms with Crippen LogP contribution in [0.25, 0.3) is 11.3 Å². The molecule has 0 saturated carbocycles. The Morgan fingerprint density at radius 1 is 1.12 bits per heavy atom. The number of pyridine rings is 1. The molecule has 0 aliphatic heterocycles. The Bertz CT molecular complexity index is 969. The summed E-state index contributed by atoms with van der Waals surface area (Å²) in [5, 5.41) is 9.49. The predicted octanol–water partition coefficient (Wildman–Crippen LogP) is 4.45. The molecule has 1 unspecified atom stereocenters. The number of aliphatic carboxylic acids is 1. The molecule has 26 heavy (non-hydrogen) atoms. The molecule has 0 amide bonds. The van der Waals surface area contributed by atoms with Gasteiger partial charge in [-0.2, -0.15) is 0 Å². The molecule has 0 aliphatic rings. The summed E-state index contributed by atoms with van der Waals surface area (Å²) < 4.78 is 0. The van der Waals surface area contributed by atoms with Crippen LogP contribution in [0.2, 0.25) is 0 Å². The molecular formula is C21H16BNO2S. The van der Waals surface area contributed by atoms with Crippen LogP contribution in [-0.4, -0.2) is 23.4 Å². The summed E-state index contributed by atoms with van der Waals surface area (Å²) in [4.78, 5) is 16.5. The number of hydrogen-bond donors (Lipinski definition) is 1. The zero-order chi connectivity index (χ0) is 18.5. The van der Waals surface area contributed by atoms with Crippen molar-refractivity contribution in [1.82, 2.24) is 4.98 Å². The van der Waals surface area contributed by atoms with E-state index in [2.05, 4.69) is 10.8 Å². The molecule has 3 aromatic rings. The molecule has 3 rings (SSSR count). The van der Waals surface area contributed by atoms with Crippen molar-refractivity contribution in [1.29, 1.82) is 0 Å². The Morgan fingerprint density at radius 2 is 1.73 bits per heavy atom. The van der Waals surface area contributed by atoms with Crippen LogP contribution in [0.3, 0.4) is 0 Å². The van der Waals surface area contributed by atoms with E-state index in [1.807, 2.05) is 61.5 Å². The first kappa shape index (κ1) is 18.1. The Hall–Kier alpha value is -2.75. The summed E-state index contributed by atoms with van der Waals surface area (Å²) in [7, 11) is 5.68. The summed E-state index contributed by atoms with van der Waals surface area (Å²) in [6, 6.07) is 20.8. The number of rotatable bonds is 5. The van der Waals surface area contributed by atoms with E-state index in [1.54, 1.807) is 12.1 Å². The second-order valence-corrected chi connectivity index (χ2v) is 6.86. The second kappa shape index (κ2) is 8.09. The van der Waals surface area contributed by atoms with Gasteiger partial charge in [0, 0.05) is 0 Å². The quantitative estimate of drug-likeness (QED) is 0.541. The van der Waals surface area contributed by atoms with E-state index in [4.69, 9.17) is 7.33 Å². The molecule has 0 saturated heterocycles. The minimum atomic E-state index is -0.922. The number of nitrogens with zero attached hydrogens (tertiary/aromatic N) is 1. The Labute approximate surface area is 157 Å². The number of carboxylic acids is 1. The van der Waals surface area contributed by atoms with Crippen LogP contribution in [-0.2, 0) is 4.79 Å². The molecule has 0 spiro atoms. The van der Waals surface area contributed by atoms with Crippen molar-refractivity contribution in [2.45, 2.75) is 17.2 Å². The van der Waals surface area contributed by atoms with Crippen LogP contribution < -0.4 is 0 Å². The Kier molecular flexibility index (Phi) is 5.62. The average molecular weight is 357 g/mol. The van der Waals surface area contributed by atoms with Crippen LogP contribution >= 0.6 is 11.8 Å². The maximum atomic E-state index is 11.8. The molecule has 3 nitrogen and oxygen atoms in total. The van der Waals surface area contributed by atoms with Crippen molar-refractivity contribution in [3.63, 3.8) is 0 Å². The molecule has 1 heterocycles. The van der Waals surface area contributed by atoms with Crippen LogP contribution in [0.1, 0.15) is 21.9 Å². The standard InChI is InChI=1S/C21H16BNO2S/c1-14-12-18(15-8-4-2-5-9-15)23-20(17(14)13-22)26-19(21(24)25)16-10-6-3-7-11-16/h2-12,19H,1H3,(H,24,25). The number of carboxylic acid groups (broad SMARTS) is 1. The number of benzene rings is 2. The number of hydrogen-bond acceptors (Lipinski definition) is 3. The van der Waals surface area contributed by atoms with E-state index in [1.165, 1.54) is 11.8 Å². The second-order valence-electron chi connectivity index (χ2n) is 5.76. The van der Waals surface area contributed by atoms with Crippen molar-refractivity contribution in [3.8, 4) is 17.1 Å². The zero-order valence-corrected chi connectivity index (χ0v) is 15.0. The average Bonchev–Trinajstić information content (AvgIpc) is 2.67. The van der Waals surface area contributed by atoms with Gasteiger partial charge in [-0.1, -0.05) is 0 Å². The number of aromatic nitrogens is 1. The van der Waals surface area contributed by atoms with Gasteiger partial charge < -0.3 is 0 Å². The van der Waals surface area contributed by atoms with E-state index >= 15 is 0 Å². The number of thioether (sulfide) groups is 1. The van der Waals surface area contributed by atoms with Gasteiger partial charge in [-0.25, -0.2) is 0 Å². The molecule has 0 fully saturated rings. The van der Waals surface area contributed by atoms with E-state index in [0.29, 0.717) is 16.2 Å². The first-order valence-corrected chi connectivity index (χ1v) is 8.96. The minimum absolute atomic E-state index is 0.558. The van der Waals surface area contributed by atoms with Gasteiger partial charge in [-0.3, -0.25) is 0 Å². The Morgan fingerprint density at radius 3 is 2.31 bits per heavy atom. The molecule has 1 atom stereocenters. The summed E-state index contributed by atoms with van der Waals surface area (Å²) in [5.41, 5.74) is 3.99. The maximum absolute atomic E-state index is 11.8. The molecule has 0 bridgehead atoms.